The molecule has 140 valence electrons. The van der Waals surface area contributed by atoms with E-state index < -0.39 is 10.1 Å². The molecule has 1 N–H and O–H groups in total. The van der Waals surface area contributed by atoms with Crippen molar-refractivity contribution in [2.75, 3.05) is 33.8 Å². The molecule has 25 heavy (non-hydrogen) atoms. The monoisotopic (exact) mass is 497 g/mol. The smallest absolute Gasteiger partial charge is 0.124 e. The summed E-state index contributed by atoms with van der Waals surface area (Å²) in [5.74, 6) is 0. The van der Waals surface area contributed by atoms with Gasteiger partial charge in [-0.1, -0.05) is 17.7 Å². The van der Waals surface area contributed by atoms with E-state index in [0.29, 0.717) is 0 Å². The Morgan fingerprint density at radius 3 is 2.16 bits per heavy atom. The number of benzene rings is 1. The van der Waals surface area contributed by atoms with Crippen molar-refractivity contribution in [2.24, 2.45) is 0 Å². The third-order valence-corrected chi connectivity index (χ3v) is 6.41. The molecule has 0 atom stereocenters. The molecule has 0 aliphatic carbocycles. The van der Waals surface area contributed by atoms with Crippen molar-refractivity contribution in [2.45, 2.75) is 18.2 Å². The lowest BCUT2D eigenvalue weighted by molar-refractivity contribution is -0.890. The van der Waals surface area contributed by atoms with E-state index in [1.165, 1.54) is 19.9 Å². The first kappa shape index (κ1) is 22.5. The molecular weight excluding hydrogens is 473 g/mol. The van der Waals surface area contributed by atoms with Gasteiger partial charge in [0.05, 0.1) is 35.0 Å². The summed E-state index contributed by atoms with van der Waals surface area (Å²) >= 11 is 4.21. The van der Waals surface area contributed by atoms with Gasteiger partial charge in [-0.2, -0.15) is 0 Å². The van der Waals surface area contributed by atoms with E-state index in [2.05, 4.69) is 48.8 Å². The standard InChI is InChI=1S/C10H17INOS.C7H8O3S/c1-12(2,7-8-13)6-5-9-3-4-10(11)14-9;1-6-2-4-7(5-3-6)11(8,9)10/h3-4,13H,5-8H2,1-2H3;2-5H,1H3,(H,8,9,10)/q+1;/p-1. The number of nitrogens with zero attached hydrogens (tertiary/aromatic N) is 1. The van der Waals surface area contributed by atoms with Crippen molar-refractivity contribution in [3.05, 3.63) is 49.7 Å². The number of hydrogen-bond donors (Lipinski definition) is 1. The van der Waals surface area contributed by atoms with Gasteiger partial charge in [-0.3, -0.25) is 0 Å². The summed E-state index contributed by atoms with van der Waals surface area (Å²) in [7, 11) is 0.0534. The van der Waals surface area contributed by atoms with Gasteiger partial charge in [0.25, 0.3) is 0 Å². The molecule has 0 saturated heterocycles. The number of aryl methyl sites for hydroxylation is 1. The molecule has 0 radical (unpaired) electrons. The second-order valence-corrected chi connectivity index (χ2v) is 10.8. The molecule has 0 bridgehead atoms. The topological polar surface area (TPSA) is 77.4 Å². The van der Waals surface area contributed by atoms with E-state index in [4.69, 9.17) is 5.11 Å². The summed E-state index contributed by atoms with van der Waals surface area (Å²) in [6.07, 6.45) is 1.11. The van der Waals surface area contributed by atoms with Gasteiger partial charge in [0.15, 0.2) is 0 Å². The van der Waals surface area contributed by atoms with Gasteiger partial charge in [-0.15, -0.1) is 11.3 Å². The average molecular weight is 497 g/mol. The fraction of sp³-hybridized carbons (Fsp3) is 0.412. The third-order valence-electron chi connectivity index (χ3n) is 3.61. The van der Waals surface area contributed by atoms with Crippen molar-refractivity contribution < 1.29 is 22.6 Å². The summed E-state index contributed by atoms with van der Waals surface area (Å²) < 4.78 is 33.4. The molecule has 1 aromatic carbocycles. The highest BCUT2D eigenvalue weighted by molar-refractivity contribution is 14.1. The Balaban J connectivity index is 0.000000257. The zero-order valence-corrected chi connectivity index (χ0v) is 18.4. The zero-order valence-electron chi connectivity index (χ0n) is 14.6. The number of aliphatic hydroxyl groups is 1. The van der Waals surface area contributed by atoms with Crippen molar-refractivity contribution in [3.8, 4) is 0 Å². The zero-order chi connectivity index (χ0) is 19.1. The van der Waals surface area contributed by atoms with Gasteiger partial charge >= 0.3 is 0 Å². The van der Waals surface area contributed by atoms with Gasteiger partial charge in [-0.05, 0) is 53.8 Å². The van der Waals surface area contributed by atoms with Crippen LogP contribution in [0.3, 0.4) is 0 Å². The number of quaternary nitrogens is 1. The predicted molar refractivity (Wildman–Crippen MR) is 109 cm³/mol. The Kier molecular flexibility index (Phi) is 8.99. The Morgan fingerprint density at radius 1 is 1.12 bits per heavy atom. The van der Waals surface area contributed by atoms with Crippen LogP contribution in [0.4, 0.5) is 0 Å². The molecule has 0 spiro atoms. The van der Waals surface area contributed by atoms with Crippen LogP contribution in [-0.4, -0.2) is 56.4 Å². The number of likely N-dealkylation sites (N-methyl/N-ethyl adjacent to an activating group) is 1. The molecule has 8 heteroatoms. The van der Waals surface area contributed by atoms with E-state index in [1.807, 2.05) is 18.3 Å². The van der Waals surface area contributed by atoms with Crippen LogP contribution in [0.25, 0.3) is 0 Å². The van der Waals surface area contributed by atoms with Gasteiger partial charge < -0.3 is 14.1 Å². The third kappa shape index (κ3) is 9.11. The molecule has 2 aromatic rings. The molecule has 2 rings (SSSR count). The molecule has 5 nitrogen and oxygen atoms in total. The number of thiophene rings is 1. The molecule has 0 unspecified atom stereocenters. The van der Waals surface area contributed by atoms with E-state index in [0.717, 1.165) is 29.6 Å². The SMILES string of the molecule is C[N+](C)(CCO)CCc1ccc(I)s1.Cc1ccc(S(=O)(=O)[O-])cc1. The predicted octanol–water partition coefficient (Wildman–Crippen LogP) is 2.86. The van der Waals surface area contributed by atoms with E-state index in [-0.39, 0.29) is 11.5 Å². The van der Waals surface area contributed by atoms with Crippen LogP contribution in [-0.2, 0) is 16.5 Å². The lowest BCUT2D eigenvalue weighted by Gasteiger charge is -2.28. The highest BCUT2D eigenvalue weighted by atomic mass is 127. The molecule has 0 saturated carbocycles. The molecule has 0 aliphatic heterocycles. The number of hydrogen-bond acceptors (Lipinski definition) is 5. The van der Waals surface area contributed by atoms with Crippen molar-refractivity contribution in [1.29, 1.82) is 0 Å². The number of aliphatic hydroxyl groups excluding tert-OH is 1. The maximum Gasteiger partial charge on any atom is 0.124 e. The first-order valence-electron chi connectivity index (χ1n) is 7.73. The first-order chi connectivity index (χ1) is 11.5. The maximum absolute atomic E-state index is 10.4. The van der Waals surface area contributed by atoms with Crippen LogP contribution in [0, 0.1) is 9.81 Å². The van der Waals surface area contributed by atoms with Gasteiger partial charge in [-0.25, -0.2) is 8.42 Å². The minimum atomic E-state index is -4.27. The van der Waals surface area contributed by atoms with Crippen LogP contribution < -0.4 is 0 Å². The van der Waals surface area contributed by atoms with Crippen LogP contribution in [0.15, 0.2) is 41.3 Å². The largest absolute Gasteiger partial charge is 0.744 e. The highest BCUT2D eigenvalue weighted by Gasteiger charge is 2.14. The Labute approximate surface area is 167 Å². The molecular formula is C17H24INO4S2. The summed E-state index contributed by atoms with van der Waals surface area (Å²) in [6.45, 7) is 4.02. The second kappa shape index (κ2) is 9.98. The molecule has 1 heterocycles. The Bertz CT molecular complexity index is 755. The fourth-order valence-electron chi connectivity index (χ4n) is 1.99. The first-order valence-corrected chi connectivity index (χ1v) is 11.0. The molecule has 0 fully saturated rings. The van der Waals surface area contributed by atoms with E-state index in [9.17, 15) is 13.0 Å². The normalized spacial score (nSPS) is 11.8. The van der Waals surface area contributed by atoms with Crippen LogP contribution in [0.2, 0.25) is 0 Å². The number of rotatable bonds is 6. The van der Waals surface area contributed by atoms with Gasteiger partial charge in [0.1, 0.15) is 16.7 Å². The lowest BCUT2D eigenvalue weighted by Crippen LogP contribution is -2.43. The number of halogens is 1. The average Bonchev–Trinajstić information content (AvgIpc) is 2.91. The summed E-state index contributed by atoms with van der Waals surface area (Å²) in [5.41, 5.74) is 0.928. The molecule has 0 aliphatic rings. The van der Waals surface area contributed by atoms with Crippen molar-refractivity contribution >= 4 is 44.0 Å². The van der Waals surface area contributed by atoms with E-state index in [1.54, 1.807) is 12.1 Å². The van der Waals surface area contributed by atoms with Crippen LogP contribution in [0.5, 0.6) is 0 Å². The molecule has 1 aromatic heterocycles. The minimum Gasteiger partial charge on any atom is -0.744 e. The highest BCUT2D eigenvalue weighted by Crippen LogP contribution is 2.19. The summed E-state index contributed by atoms with van der Waals surface area (Å²) in [6, 6.07) is 10.1. The van der Waals surface area contributed by atoms with E-state index >= 15 is 0 Å². The minimum absolute atomic E-state index is 0.178. The van der Waals surface area contributed by atoms with Crippen LogP contribution in [0.1, 0.15) is 10.4 Å². The van der Waals surface area contributed by atoms with Crippen molar-refractivity contribution in [3.63, 3.8) is 0 Å². The molecule has 0 amide bonds. The Morgan fingerprint density at radius 2 is 1.72 bits per heavy atom. The van der Waals surface area contributed by atoms with Gasteiger partial charge in [0, 0.05) is 11.3 Å². The fourth-order valence-corrected chi connectivity index (χ4v) is 4.20. The maximum atomic E-state index is 10.4. The summed E-state index contributed by atoms with van der Waals surface area (Å²) in [5, 5.41) is 8.89. The quantitative estimate of drug-likeness (QED) is 0.379. The van der Waals surface area contributed by atoms with Crippen LogP contribution >= 0.6 is 33.9 Å². The van der Waals surface area contributed by atoms with Gasteiger partial charge in [0.2, 0.25) is 0 Å². The summed E-state index contributed by atoms with van der Waals surface area (Å²) in [4.78, 5) is 1.27. The lowest BCUT2D eigenvalue weighted by atomic mass is 10.2. The van der Waals surface area contributed by atoms with Crippen molar-refractivity contribution in [1.82, 2.24) is 0 Å². The second-order valence-electron chi connectivity index (χ2n) is 6.33. The Hall–Kier alpha value is -0.520.